The second-order valence-electron chi connectivity index (χ2n) is 11.4. The summed E-state index contributed by atoms with van der Waals surface area (Å²) in [5.41, 5.74) is 4.71. The summed E-state index contributed by atoms with van der Waals surface area (Å²) < 4.78 is 5.49. The van der Waals surface area contributed by atoms with E-state index in [-0.39, 0.29) is 17.9 Å². The Bertz CT molecular complexity index is 1640. The van der Waals surface area contributed by atoms with E-state index in [9.17, 15) is 9.59 Å². The summed E-state index contributed by atoms with van der Waals surface area (Å²) in [6.45, 7) is 5.91. The van der Waals surface area contributed by atoms with Crippen LogP contribution >= 0.6 is 0 Å². The van der Waals surface area contributed by atoms with Gasteiger partial charge in [-0.1, -0.05) is 18.2 Å². The Balaban J connectivity index is 1.03. The number of benzene rings is 1. The molecule has 228 valence electrons. The number of anilines is 2. The van der Waals surface area contributed by atoms with Crippen molar-refractivity contribution in [1.29, 1.82) is 0 Å². The van der Waals surface area contributed by atoms with Crippen molar-refractivity contribution in [3.8, 4) is 11.3 Å². The molecule has 1 aromatic carbocycles. The molecular weight excluding hydrogens is 558 g/mol. The fraction of sp³-hybridized carbons (Fsp3) is 0.344. The number of pyridine rings is 1. The molecule has 0 radical (unpaired) electrons. The number of carbonyl (C=O) groups excluding carboxylic acids is 2. The fourth-order valence-corrected chi connectivity index (χ4v) is 5.40. The third-order valence-corrected chi connectivity index (χ3v) is 7.68. The molecule has 0 saturated carbocycles. The van der Waals surface area contributed by atoms with E-state index in [1.54, 1.807) is 18.6 Å². The first-order valence-electron chi connectivity index (χ1n) is 14.8. The van der Waals surface area contributed by atoms with Crippen molar-refractivity contribution in [2.24, 2.45) is 0 Å². The van der Waals surface area contributed by atoms with Gasteiger partial charge in [0, 0.05) is 62.9 Å². The number of aromatic nitrogens is 4. The molecule has 0 spiro atoms. The van der Waals surface area contributed by atoms with E-state index in [0.717, 1.165) is 66.4 Å². The molecule has 0 bridgehead atoms. The average Bonchev–Trinajstić information content (AvgIpc) is 3.45. The van der Waals surface area contributed by atoms with Gasteiger partial charge < -0.3 is 30.2 Å². The highest BCUT2D eigenvalue weighted by Gasteiger charge is 2.27. The van der Waals surface area contributed by atoms with Crippen molar-refractivity contribution in [2.75, 3.05) is 70.2 Å². The summed E-state index contributed by atoms with van der Waals surface area (Å²) in [4.78, 5) is 48.2. The molecule has 4 aromatic rings. The van der Waals surface area contributed by atoms with Crippen LogP contribution in [0.4, 0.5) is 11.5 Å². The lowest BCUT2D eigenvalue weighted by Gasteiger charge is -2.39. The van der Waals surface area contributed by atoms with Crippen molar-refractivity contribution in [2.45, 2.75) is 12.6 Å². The quantitative estimate of drug-likeness (QED) is 0.237. The number of likely N-dealkylation sites (tertiary alicyclic amines) is 1. The summed E-state index contributed by atoms with van der Waals surface area (Å²) in [5.74, 6) is 0.568. The standard InChI is InChI=1S/C32H37N9O3/c1-39(2)11-3-4-29(42)36-25-19-40(20-25)18-22-9-10-33-28(16-22)32(43)37-24-7-5-23(6-8-24)27-17-26-30(38-27)34-21-35-31(26)41-12-14-44-15-13-41/h3-10,16-17,21,25H,11-15,18-20H2,1-2H3,(H,36,42)(H,37,43)(H,34,35,38)/b4-3+. The van der Waals surface area contributed by atoms with Crippen molar-refractivity contribution in [1.82, 2.24) is 35.1 Å². The first-order chi connectivity index (χ1) is 21.4. The summed E-state index contributed by atoms with van der Waals surface area (Å²) >= 11 is 0. The molecule has 3 aromatic heterocycles. The molecule has 2 saturated heterocycles. The zero-order valence-electron chi connectivity index (χ0n) is 25.0. The molecule has 3 N–H and O–H groups in total. The van der Waals surface area contributed by atoms with Gasteiger partial charge in [-0.15, -0.1) is 0 Å². The van der Waals surface area contributed by atoms with E-state index in [4.69, 9.17) is 4.74 Å². The van der Waals surface area contributed by atoms with Gasteiger partial charge in [0.05, 0.1) is 24.6 Å². The number of H-pyrrole nitrogens is 1. The number of hydrogen-bond acceptors (Lipinski definition) is 9. The van der Waals surface area contributed by atoms with Gasteiger partial charge >= 0.3 is 0 Å². The highest BCUT2D eigenvalue weighted by Crippen LogP contribution is 2.29. The second kappa shape index (κ2) is 13.3. The van der Waals surface area contributed by atoms with Crippen LogP contribution in [-0.4, -0.2) is 108 Å². The minimum atomic E-state index is -0.270. The third kappa shape index (κ3) is 7.10. The number of amides is 2. The number of hydrogen-bond donors (Lipinski definition) is 3. The molecule has 12 heteroatoms. The van der Waals surface area contributed by atoms with E-state index in [1.165, 1.54) is 0 Å². The number of carbonyl (C=O) groups is 2. The lowest BCUT2D eigenvalue weighted by molar-refractivity contribution is -0.118. The van der Waals surface area contributed by atoms with Crippen LogP contribution in [0.2, 0.25) is 0 Å². The monoisotopic (exact) mass is 595 g/mol. The van der Waals surface area contributed by atoms with Crippen LogP contribution in [0.1, 0.15) is 16.1 Å². The zero-order valence-corrected chi connectivity index (χ0v) is 25.0. The number of rotatable bonds is 10. The molecule has 6 rings (SSSR count). The number of ether oxygens (including phenoxy) is 1. The molecule has 2 aliphatic rings. The summed E-state index contributed by atoms with van der Waals surface area (Å²) in [6.07, 6.45) is 6.68. The second-order valence-corrected chi connectivity index (χ2v) is 11.4. The van der Waals surface area contributed by atoms with Crippen molar-refractivity contribution >= 4 is 34.4 Å². The lowest BCUT2D eigenvalue weighted by atomic mass is 10.1. The van der Waals surface area contributed by atoms with E-state index in [2.05, 4.69) is 46.4 Å². The highest BCUT2D eigenvalue weighted by molar-refractivity contribution is 6.03. The van der Waals surface area contributed by atoms with Gasteiger partial charge in [-0.25, -0.2) is 9.97 Å². The Morgan fingerprint density at radius 2 is 1.86 bits per heavy atom. The Kier molecular flexibility index (Phi) is 8.91. The van der Waals surface area contributed by atoms with Crippen molar-refractivity contribution in [3.05, 3.63) is 78.4 Å². The van der Waals surface area contributed by atoms with Crippen LogP contribution in [-0.2, 0) is 16.1 Å². The Morgan fingerprint density at radius 3 is 2.64 bits per heavy atom. The number of nitrogens with zero attached hydrogens (tertiary/aromatic N) is 6. The van der Waals surface area contributed by atoms with Gasteiger partial charge in [-0.3, -0.25) is 19.5 Å². The van der Waals surface area contributed by atoms with Crippen molar-refractivity contribution in [3.63, 3.8) is 0 Å². The number of likely N-dealkylation sites (N-methyl/N-ethyl adjacent to an activating group) is 1. The average molecular weight is 596 g/mol. The number of morpholine rings is 1. The fourth-order valence-electron chi connectivity index (χ4n) is 5.40. The highest BCUT2D eigenvalue weighted by atomic mass is 16.5. The normalized spacial score (nSPS) is 16.0. The molecule has 2 amide bonds. The minimum Gasteiger partial charge on any atom is -0.378 e. The lowest BCUT2D eigenvalue weighted by Crippen LogP contribution is -2.58. The topological polar surface area (TPSA) is 132 Å². The van der Waals surface area contributed by atoms with E-state index < -0.39 is 0 Å². The molecule has 44 heavy (non-hydrogen) atoms. The minimum absolute atomic E-state index is 0.0686. The van der Waals surface area contributed by atoms with Crippen molar-refractivity contribution < 1.29 is 14.3 Å². The maximum atomic E-state index is 13.0. The maximum Gasteiger partial charge on any atom is 0.274 e. The summed E-state index contributed by atoms with van der Waals surface area (Å²) in [5, 5.41) is 6.95. The summed E-state index contributed by atoms with van der Waals surface area (Å²) in [7, 11) is 3.92. The number of aromatic amines is 1. The smallest absolute Gasteiger partial charge is 0.274 e. The van der Waals surface area contributed by atoms with Crippen LogP contribution in [0.25, 0.3) is 22.3 Å². The zero-order chi connectivity index (χ0) is 30.5. The van der Waals surface area contributed by atoms with E-state index in [0.29, 0.717) is 31.1 Å². The van der Waals surface area contributed by atoms with Crippen LogP contribution < -0.4 is 15.5 Å². The molecule has 0 aliphatic carbocycles. The van der Waals surface area contributed by atoms with Crippen LogP contribution in [0.3, 0.4) is 0 Å². The molecule has 0 atom stereocenters. The Labute approximate surface area is 256 Å². The Hall–Kier alpha value is -4.65. The van der Waals surface area contributed by atoms with Crippen LogP contribution in [0.5, 0.6) is 0 Å². The largest absolute Gasteiger partial charge is 0.378 e. The predicted molar refractivity (Wildman–Crippen MR) is 169 cm³/mol. The van der Waals surface area contributed by atoms with Gasteiger partial charge in [0.1, 0.15) is 23.5 Å². The number of nitrogens with one attached hydrogen (secondary N) is 3. The summed E-state index contributed by atoms with van der Waals surface area (Å²) in [6, 6.07) is 13.6. The molecule has 0 unspecified atom stereocenters. The van der Waals surface area contributed by atoms with Crippen LogP contribution in [0.15, 0.2) is 67.1 Å². The SMILES string of the molecule is CN(C)C/C=C/C(=O)NC1CN(Cc2ccnc(C(=O)Nc3ccc(-c4cc5c(N6CCOCC6)ncnc5[nH]4)cc3)c2)C1. The third-order valence-electron chi connectivity index (χ3n) is 7.68. The van der Waals surface area contributed by atoms with Gasteiger partial charge in [0.2, 0.25) is 5.91 Å². The number of fused-ring (bicyclic) bond motifs is 1. The van der Waals surface area contributed by atoms with Gasteiger partial charge in [-0.2, -0.15) is 0 Å². The first kappa shape index (κ1) is 29.4. The van der Waals surface area contributed by atoms with Gasteiger partial charge in [-0.05, 0) is 55.6 Å². The molecule has 2 fully saturated rings. The predicted octanol–water partition coefficient (Wildman–Crippen LogP) is 2.53. The van der Waals surface area contributed by atoms with Gasteiger partial charge in [0.25, 0.3) is 5.91 Å². The maximum absolute atomic E-state index is 13.0. The Morgan fingerprint density at radius 1 is 1.07 bits per heavy atom. The van der Waals surface area contributed by atoms with Crippen LogP contribution in [0, 0.1) is 0 Å². The first-order valence-corrected chi connectivity index (χ1v) is 14.8. The van der Waals surface area contributed by atoms with Gasteiger partial charge in [0.15, 0.2) is 0 Å². The molecule has 5 heterocycles. The molecule has 2 aliphatic heterocycles. The van der Waals surface area contributed by atoms with E-state index >= 15 is 0 Å². The molecular formula is C32H37N9O3. The molecule has 12 nitrogen and oxygen atoms in total. The van der Waals surface area contributed by atoms with E-state index in [1.807, 2.05) is 61.5 Å².